The number of aliphatic hydroxyl groups excluding tert-OH is 1. The molecule has 0 saturated carbocycles. The van der Waals surface area contributed by atoms with Gasteiger partial charge in [-0.15, -0.1) is 0 Å². The summed E-state index contributed by atoms with van der Waals surface area (Å²) < 4.78 is 31.4. The molecule has 3 aromatic carbocycles. The third-order valence-corrected chi connectivity index (χ3v) is 7.96. The topological polar surface area (TPSA) is 146 Å². The van der Waals surface area contributed by atoms with Crippen LogP contribution >= 0.6 is 0 Å². The fraction of sp³-hybridized carbons (Fsp3) is 0.100. The molecule has 0 saturated heterocycles. The molecule has 0 spiro atoms. The maximum atomic E-state index is 12.5. The van der Waals surface area contributed by atoms with Crippen LogP contribution in [0.5, 0.6) is 11.5 Å². The van der Waals surface area contributed by atoms with Gasteiger partial charge in [-0.3, -0.25) is 13.9 Å². The third kappa shape index (κ3) is 7.48. The molecule has 12 heteroatoms. The number of ether oxygens (including phenoxy) is 1. The van der Waals surface area contributed by atoms with E-state index >= 15 is 0 Å². The zero-order valence-electron chi connectivity index (χ0n) is 22.1. The van der Waals surface area contributed by atoms with Crippen LogP contribution in [0.4, 0.5) is 5.82 Å². The Morgan fingerprint density at radius 2 is 1.55 bits per heavy atom. The minimum absolute atomic E-state index is 0. The van der Waals surface area contributed by atoms with E-state index in [1.54, 1.807) is 55.5 Å². The SMILES string of the molecule is CC(C(=O)O)c1cccc(Oc2ccccc2)c1.CN1C(C(=O)Nc2ccccn2)=C(O)c2ccccc2S1(=O)=O.[CaH2]. The number of fused-ring (bicyclic) bond motifs is 1. The van der Waals surface area contributed by atoms with Crippen LogP contribution in [0.1, 0.15) is 24.0 Å². The minimum atomic E-state index is -3.91. The van der Waals surface area contributed by atoms with Crippen LogP contribution in [0.2, 0.25) is 0 Å². The van der Waals surface area contributed by atoms with Crippen molar-refractivity contribution in [2.45, 2.75) is 17.7 Å². The Bertz CT molecular complexity index is 1700. The van der Waals surface area contributed by atoms with E-state index in [0.29, 0.717) is 5.75 Å². The van der Waals surface area contributed by atoms with Crippen molar-refractivity contribution >= 4 is 71.2 Å². The van der Waals surface area contributed by atoms with Gasteiger partial charge in [-0.1, -0.05) is 48.5 Å². The van der Waals surface area contributed by atoms with Crippen molar-refractivity contribution < 1.29 is 33.0 Å². The molecule has 0 radical (unpaired) electrons. The summed E-state index contributed by atoms with van der Waals surface area (Å²) in [5.74, 6) is -0.906. The van der Waals surface area contributed by atoms with Crippen molar-refractivity contribution in [3.8, 4) is 11.5 Å². The second-order valence-corrected chi connectivity index (χ2v) is 10.8. The molecule has 214 valence electrons. The molecule has 4 aromatic rings. The van der Waals surface area contributed by atoms with Gasteiger partial charge in [0.05, 0.1) is 10.8 Å². The molecule has 0 bridgehead atoms. The van der Waals surface area contributed by atoms with Gasteiger partial charge in [-0.25, -0.2) is 13.4 Å². The fourth-order valence-corrected chi connectivity index (χ4v) is 5.31. The molecular formula is C30H29CaN3O7S. The van der Waals surface area contributed by atoms with Gasteiger partial charge in [0.15, 0.2) is 11.5 Å². The zero-order chi connectivity index (χ0) is 29.6. The van der Waals surface area contributed by atoms with Crippen LogP contribution in [0.15, 0.2) is 114 Å². The van der Waals surface area contributed by atoms with E-state index in [4.69, 9.17) is 9.84 Å². The average Bonchev–Trinajstić information content (AvgIpc) is 2.97. The van der Waals surface area contributed by atoms with Crippen LogP contribution < -0.4 is 10.1 Å². The van der Waals surface area contributed by atoms with Crippen molar-refractivity contribution in [1.82, 2.24) is 9.29 Å². The number of carbonyl (C=O) groups excluding carboxylic acids is 1. The summed E-state index contributed by atoms with van der Waals surface area (Å²) in [5, 5.41) is 21.8. The number of likely N-dealkylation sites (N-methyl/N-ethyl adjacent to an activating group) is 1. The Hall–Kier alpha value is -3.90. The Morgan fingerprint density at radius 1 is 0.905 bits per heavy atom. The van der Waals surface area contributed by atoms with Crippen LogP contribution in [-0.4, -0.2) is 84.6 Å². The summed E-state index contributed by atoms with van der Waals surface area (Å²) in [5.41, 5.74) is 0.474. The molecule has 42 heavy (non-hydrogen) atoms. The van der Waals surface area contributed by atoms with Gasteiger partial charge >= 0.3 is 43.7 Å². The standard InChI is InChI=1S/C15H13N3O4S.C15H14O3.Ca.2H/c1-18-13(15(20)17-12-8-4-5-9-16-12)14(19)10-6-2-3-7-11(10)23(18,21)22;1-11(15(16)17)12-6-5-9-14(10-12)18-13-7-3-2-4-8-13;;;/h2-9,19H,1H3,(H,16,17,20);2-11H,1H3,(H,16,17);;;. The molecule has 3 N–H and O–H groups in total. The summed E-state index contributed by atoms with van der Waals surface area (Å²) in [4.78, 5) is 27.2. The van der Waals surface area contributed by atoms with Crippen molar-refractivity contribution in [2.24, 2.45) is 0 Å². The van der Waals surface area contributed by atoms with E-state index in [2.05, 4.69) is 10.3 Å². The van der Waals surface area contributed by atoms with Crippen LogP contribution in [0.3, 0.4) is 0 Å². The summed E-state index contributed by atoms with van der Waals surface area (Å²) in [6, 6.07) is 27.4. The van der Waals surface area contributed by atoms with E-state index < -0.39 is 33.6 Å². The zero-order valence-corrected chi connectivity index (χ0v) is 22.9. The first kappa shape index (κ1) is 32.6. The number of aromatic nitrogens is 1. The molecule has 5 rings (SSSR count). The molecule has 2 heterocycles. The van der Waals surface area contributed by atoms with Crippen LogP contribution in [-0.2, 0) is 19.6 Å². The van der Waals surface area contributed by atoms with Crippen LogP contribution in [0.25, 0.3) is 5.76 Å². The molecule has 0 aliphatic carbocycles. The number of nitrogens with one attached hydrogen (secondary N) is 1. The molecule has 1 atom stereocenters. The Kier molecular flexibility index (Phi) is 11.1. The molecule has 1 aliphatic rings. The van der Waals surface area contributed by atoms with Gasteiger partial charge < -0.3 is 20.3 Å². The number of pyridine rings is 1. The molecule has 1 unspecified atom stereocenters. The molecule has 1 amide bonds. The second kappa shape index (κ2) is 14.3. The number of anilines is 1. The molecule has 10 nitrogen and oxygen atoms in total. The van der Waals surface area contributed by atoms with Crippen molar-refractivity contribution in [3.05, 3.63) is 120 Å². The van der Waals surface area contributed by atoms with Gasteiger partial charge in [-0.2, -0.15) is 0 Å². The summed E-state index contributed by atoms with van der Waals surface area (Å²) in [6.45, 7) is 1.66. The normalized spacial score (nSPS) is 13.8. The number of amides is 1. The predicted molar refractivity (Wildman–Crippen MR) is 161 cm³/mol. The number of carboxylic acids is 1. The van der Waals surface area contributed by atoms with Gasteiger partial charge in [0.1, 0.15) is 17.3 Å². The predicted octanol–water partition coefficient (Wildman–Crippen LogP) is 4.33. The van der Waals surface area contributed by atoms with Crippen molar-refractivity contribution in [1.29, 1.82) is 0 Å². The third-order valence-electron chi connectivity index (χ3n) is 6.15. The van der Waals surface area contributed by atoms with Gasteiger partial charge in [0, 0.05) is 18.8 Å². The number of rotatable bonds is 6. The average molecular weight is 616 g/mol. The summed E-state index contributed by atoms with van der Waals surface area (Å²) >= 11 is 0. The van der Waals surface area contributed by atoms with E-state index in [1.165, 1.54) is 25.4 Å². The monoisotopic (exact) mass is 615 g/mol. The number of para-hydroxylation sites is 1. The number of nitrogens with zero attached hydrogens (tertiary/aromatic N) is 2. The Labute approximate surface area is 273 Å². The Morgan fingerprint density at radius 3 is 2.21 bits per heavy atom. The summed E-state index contributed by atoms with van der Waals surface area (Å²) in [7, 11) is -2.69. The first-order valence-electron chi connectivity index (χ1n) is 12.4. The number of hydrogen-bond donors (Lipinski definition) is 3. The molecule has 0 fully saturated rings. The van der Waals surface area contributed by atoms with E-state index in [-0.39, 0.29) is 59.7 Å². The first-order chi connectivity index (χ1) is 19.6. The fourth-order valence-electron chi connectivity index (χ4n) is 3.91. The molecule has 1 aromatic heterocycles. The first-order valence-corrected chi connectivity index (χ1v) is 13.8. The van der Waals surface area contributed by atoms with Gasteiger partial charge in [-0.05, 0) is 61.0 Å². The number of benzene rings is 3. The van der Waals surface area contributed by atoms with Gasteiger partial charge in [0.25, 0.3) is 15.9 Å². The van der Waals surface area contributed by atoms with Gasteiger partial charge in [0.2, 0.25) is 0 Å². The Balaban J connectivity index is 0.000000232. The molecule has 1 aliphatic heterocycles. The summed E-state index contributed by atoms with van der Waals surface area (Å²) in [6.07, 6.45) is 1.49. The van der Waals surface area contributed by atoms with E-state index in [1.807, 2.05) is 36.4 Å². The molecular weight excluding hydrogens is 586 g/mol. The number of sulfonamides is 1. The van der Waals surface area contributed by atoms with Crippen molar-refractivity contribution in [2.75, 3.05) is 12.4 Å². The number of aliphatic carboxylic acids is 1. The van der Waals surface area contributed by atoms with E-state index in [9.17, 15) is 23.1 Å². The van der Waals surface area contributed by atoms with E-state index in [0.717, 1.165) is 15.6 Å². The van der Waals surface area contributed by atoms with Crippen LogP contribution in [0, 0.1) is 0 Å². The number of carboxylic acid groups (broad SMARTS) is 1. The number of hydrogen-bond acceptors (Lipinski definition) is 7. The number of aliphatic hydroxyl groups is 1. The van der Waals surface area contributed by atoms with Crippen molar-refractivity contribution in [3.63, 3.8) is 0 Å². The number of carbonyl (C=O) groups is 2. The quantitative estimate of drug-likeness (QED) is 0.272. The maximum absolute atomic E-state index is 12.5. The second-order valence-electron chi connectivity index (χ2n) is 8.88.